The highest BCUT2D eigenvalue weighted by Gasteiger charge is 2.24. The molecule has 0 bridgehead atoms. The molecule has 0 fully saturated rings. The number of hydrogen-bond acceptors (Lipinski definition) is 5. The Hall–Kier alpha value is -12.9. The SMILES string of the molecule is c1ccc(N(c2ccc3c(ccc4c5oc6ccccc6c5c5ccccc5c34)c2)c2cccc3c4ccccc4n(-c4ccccc4)c23)cc1.c1ccc2cc(-c3nc(-c4ccc5c(ccc6ccc7cc8oc9ccccc9c8cc7c65)c4)nc4ccccc34)ccc2c1. The van der Waals surface area contributed by atoms with Crippen LogP contribution in [0.5, 0.6) is 0 Å². The first-order valence-electron chi connectivity index (χ1n) is 32.7. The standard InChI is InChI=1S/C48H30N2O.C42H24N2O/c1-3-14-32(15-4-1)49(43-24-13-22-39-36-18-9-11-23-42(36)50(47(39)43)33-16-5-2-6-17-33)34-27-29-35-31(30-34)26-28-41-45(35)37-19-7-8-20-38(37)46-40-21-10-12-25-44(40)51-48(41)46;1-2-8-27-21-30(18-13-25(27)7-1)41-34-10-3-5-11-37(34)43-42(44-41)31-19-20-32-28(22-31)16-14-26-15-17-29-23-39-36(24-35(29)40(26)32)33-9-4-6-12-38(33)45-39/h1-30H;1-24H. The molecule has 6 heteroatoms. The summed E-state index contributed by atoms with van der Waals surface area (Å²) in [6, 6.07) is 117. The van der Waals surface area contributed by atoms with Crippen molar-refractivity contribution < 1.29 is 8.83 Å². The number of furan rings is 2. The molecule has 0 aliphatic carbocycles. The van der Waals surface area contributed by atoms with Crippen molar-refractivity contribution in [2.75, 3.05) is 4.90 Å². The van der Waals surface area contributed by atoms with Gasteiger partial charge in [0.1, 0.15) is 22.3 Å². The number of aromatic nitrogens is 3. The van der Waals surface area contributed by atoms with Crippen molar-refractivity contribution in [3.63, 3.8) is 0 Å². The molecular formula is C90H54N4O2. The molecular weight excluding hydrogens is 1170 g/mol. The number of anilines is 3. The monoisotopic (exact) mass is 1220 g/mol. The van der Waals surface area contributed by atoms with E-state index in [2.05, 4.69) is 313 Å². The molecule has 21 aromatic rings. The number of hydrogen-bond donors (Lipinski definition) is 0. The maximum atomic E-state index is 6.60. The molecule has 4 heterocycles. The average Bonchev–Trinajstić information content (AvgIpc) is 1.43. The van der Waals surface area contributed by atoms with Crippen molar-refractivity contribution in [2.24, 2.45) is 0 Å². The largest absolute Gasteiger partial charge is 0.456 e. The second kappa shape index (κ2) is 21.3. The number of benzene rings is 17. The van der Waals surface area contributed by atoms with Crippen molar-refractivity contribution in [1.82, 2.24) is 14.5 Å². The van der Waals surface area contributed by atoms with Gasteiger partial charge in [0.15, 0.2) is 5.82 Å². The van der Waals surface area contributed by atoms with Crippen LogP contribution < -0.4 is 4.90 Å². The van der Waals surface area contributed by atoms with Crippen molar-refractivity contribution in [2.45, 2.75) is 0 Å². The molecule has 21 rings (SSSR count). The fraction of sp³-hybridized carbons (Fsp3) is 0. The minimum absolute atomic E-state index is 0.725. The molecule has 17 aromatic carbocycles. The molecule has 0 amide bonds. The molecule has 0 saturated carbocycles. The molecule has 6 nitrogen and oxygen atoms in total. The molecule has 0 N–H and O–H groups in total. The third-order valence-corrected chi connectivity index (χ3v) is 19.7. The zero-order valence-corrected chi connectivity index (χ0v) is 51.8. The second-order valence-electron chi connectivity index (χ2n) is 25.1. The van der Waals surface area contributed by atoms with E-state index in [1.807, 2.05) is 24.3 Å². The highest BCUT2D eigenvalue weighted by Crippen LogP contribution is 2.48. The van der Waals surface area contributed by atoms with E-state index in [0.29, 0.717) is 0 Å². The van der Waals surface area contributed by atoms with Crippen LogP contribution in [0.25, 0.3) is 180 Å². The van der Waals surface area contributed by atoms with Gasteiger partial charge in [-0.2, -0.15) is 0 Å². The van der Waals surface area contributed by atoms with E-state index >= 15 is 0 Å². The first-order chi connectivity index (χ1) is 47.6. The van der Waals surface area contributed by atoms with Crippen molar-refractivity contribution in [3.8, 4) is 28.3 Å². The Bertz CT molecular complexity index is 6780. The van der Waals surface area contributed by atoms with Crippen molar-refractivity contribution >= 4 is 169 Å². The van der Waals surface area contributed by atoms with Crippen LogP contribution in [0, 0.1) is 0 Å². The third kappa shape index (κ3) is 8.39. The predicted molar refractivity (Wildman–Crippen MR) is 403 cm³/mol. The zero-order valence-electron chi connectivity index (χ0n) is 51.8. The quantitative estimate of drug-likeness (QED) is 0.155. The van der Waals surface area contributed by atoms with E-state index in [1.54, 1.807) is 0 Å². The molecule has 96 heavy (non-hydrogen) atoms. The molecule has 0 aliphatic heterocycles. The van der Waals surface area contributed by atoms with E-state index in [0.717, 1.165) is 106 Å². The fourth-order valence-electron chi connectivity index (χ4n) is 15.4. The van der Waals surface area contributed by atoms with E-state index in [-0.39, 0.29) is 0 Å². The smallest absolute Gasteiger partial charge is 0.160 e. The van der Waals surface area contributed by atoms with Gasteiger partial charge in [-0.25, -0.2) is 9.97 Å². The van der Waals surface area contributed by atoms with E-state index in [4.69, 9.17) is 18.8 Å². The van der Waals surface area contributed by atoms with Crippen LogP contribution >= 0.6 is 0 Å². The van der Waals surface area contributed by atoms with Crippen LogP contribution in [-0.2, 0) is 0 Å². The molecule has 0 spiro atoms. The number of para-hydroxylation sites is 7. The fourth-order valence-corrected chi connectivity index (χ4v) is 15.4. The van der Waals surface area contributed by atoms with Crippen LogP contribution in [-0.4, -0.2) is 14.5 Å². The lowest BCUT2D eigenvalue weighted by atomic mass is 9.93. The van der Waals surface area contributed by atoms with E-state index in [9.17, 15) is 0 Å². The van der Waals surface area contributed by atoms with Gasteiger partial charge in [-0.15, -0.1) is 0 Å². The second-order valence-corrected chi connectivity index (χ2v) is 25.1. The summed E-state index contributed by atoms with van der Waals surface area (Å²) < 4.78 is 15.2. The molecule has 446 valence electrons. The molecule has 0 radical (unpaired) electrons. The van der Waals surface area contributed by atoms with Gasteiger partial charge in [-0.05, 0) is 162 Å². The summed E-state index contributed by atoms with van der Waals surface area (Å²) in [6.45, 7) is 0. The Morgan fingerprint density at radius 3 is 1.70 bits per heavy atom. The summed E-state index contributed by atoms with van der Waals surface area (Å²) in [5.74, 6) is 0.725. The summed E-state index contributed by atoms with van der Waals surface area (Å²) in [6.07, 6.45) is 0. The van der Waals surface area contributed by atoms with Crippen LogP contribution in [0.3, 0.4) is 0 Å². The predicted octanol–water partition coefficient (Wildman–Crippen LogP) is 25.1. The van der Waals surface area contributed by atoms with Gasteiger partial charge in [0, 0.05) is 76.7 Å². The summed E-state index contributed by atoms with van der Waals surface area (Å²) in [5, 5.41) is 25.0. The average molecular weight is 1220 g/mol. The Kier molecular flexibility index (Phi) is 11.9. The normalized spacial score (nSPS) is 12.0. The number of nitrogens with zero attached hydrogens (tertiary/aromatic N) is 4. The highest BCUT2D eigenvalue weighted by molar-refractivity contribution is 6.35. The number of rotatable bonds is 6. The Balaban J connectivity index is 0.000000132. The molecule has 4 aromatic heterocycles. The van der Waals surface area contributed by atoms with Crippen LogP contribution in [0.1, 0.15) is 0 Å². The Labute approximate surface area is 550 Å². The van der Waals surface area contributed by atoms with Gasteiger partial charge in [0.2, 0.25) is 0 Å². The van der Waals surface area contributed by atoms with Gasteiger partial charge in [-0.3, -0.25) is 0 Å². The maximum Gasteiger partial charge on any atom is 0.160 e. The summed E-state index contributed by atoms with van der Waals surface area (Å²) in [7, 11) is 0. The molecule has 0 atom stereocenters. The lowest BCUT2D eigenvalue weighted by Gasteiger charge is -2.27. The Morgan fingerprint density at radius 1 is 0.281 bits per heavy atom. The summed E-state index contributed by atoms with van der Waals surface area (Å²) in [5.41, 5.74) is 14.5. The Morgan fingerprint density at radius 2 is 0.865 bits per heavy atom. The number of fused-ring (bicyclic) bond motifs is 23. The minimum atomic E-state index is 0.725. The maximum absolute atomic E-state index is 6.60. The van der Waals surface area contributed by atoms with Crippen molar-refractivity contribution in [3.05, 3.63) is 328 Å². The van der Waals surface area contributed by atoms with Gasteiger partial charge in [-0.1, -0.05) is 231 Å². The first kappa shape index (κ1) is 53.7. The summed E-state index contributed by atoms with van der Waals surface area (Å²) in [4.78, 5) is 12.7. The molecule has 0 aliphatic rings. The van der Waals surface area contributed by atoms with E-state index in [1.165, 1.54) is 91.8 Å². The zero-order chi connectivity index (χ0) is 63.0. The van der Waals surface area contributed by atoms with Crippen LogP contribution in [0.4, 0.5) is 17.1 Å². The summed E-state index contributed by atoms with van der Waals surface area (Å²) >= 11 is 0. The topological polar surface area (TPSA) is 60.2 Å². The first-order valence-corrected chi connectivity index (χ1v) is 32.7. The van der Waals surface area contributed by atoms with Crippen molar-refractivity contribution in [1.29, 1.82) is 0 Å². The van der Waals surface area contributed by atoms with Crippen LogP contribution in [0.15, 0.2) is 336 Å². The van der Waals surface area contributed by atoms with Gasteiger partial charge < -0.3 is 18.3 Å². The lowest BCUT2D eigenvalue weighted by molar-refractivity contribution is 0.669. The third-order valence-electron chi connectivity index (χ3n) is 19.7. The van der Waals surface area contributed by atoms with Gasteiger partial charge in [0.25, 0.3) is 0 Å². The van der Waals surface area contributed by atoms with E-state index < -0.39 is 0 Å². The van der Waals surface area contributed by atoms with Gasteiger partial charge >= 0.3 is 0 Å². The molecule has 0 saturated heterocycles. The van der Waals surface area contributed by atoms with Gasteiger partial charge in [0.05, 0.1) is 27.9 Å². The molecule has 0 unspecified atom stereocenters. The van der Waals surface area contributed by atoms with Crippen LogP contribution in [0.2, 0.25) is 0 Å². The highest BCUT2D eigenvalue weighted by atomic mass is 16.3. The minimum Gasteiger partial charge on any atom is -0.456 e. The lowest BCUT2D eigenvalue weighted by Crippen LogP contribution is -2.11.